The summed E-state index contributed by atoms with van der Waals surface area (Å²) < 4.78 is 39.5. The van der Waals surface area contributed by atoms with Gasteiger partial charge in [-0.05, 0) is 195 Å². The van der Waals surface area contributed by atoms with Crippen molar-refractivity contribution in [3.8, 4) is 104 Å². The van der Waals surface area contributed by atoms with Gasteiger partial charge in [0.2, 0.25) is 12.3 Å². The molecule has 0 aliphatic carbocycles. The number of phenolic OH excluding ortho intramolecular Hbond substituents is 1. The smallest absolute Gasteiger partial charge is 0.344 e. The third kappa shape index (κ3) is 39.6. The van der Waals surface area contributed by atoms with Crippen molar-refractivity contribution in [2.24, 2.45) is 5.73 Å². The van der Waals surface area contributed by atoms with Gasteiger partial charge >= 0.3 is 17.9 Å². The first-order chi connectivity index (χ1) is 60.3. The molecule has 4 aromatic heterocycles. The molecule has 0 fully saturated rings. The van der Waals surface area contributed by atoms with Crippen molar-refractivity contribution in [2.45, 2.75) is 81.6 Å². The molecule has 666 valence electrons. The Kier molecular flexibility index (Phi) is 49.1. The number of carbonyl (C=O) groups excluding carboxylic acids is 5. The van der Waals surface area contributed by atoms with Crippen LogP contribution in [0.15, 0.2) is 195 Å². The van der Waals surface area contributed by atoms with E-state index in [4.69, 9.17) is 64.6 Å². The van der Waals surface area contributed by atoms with Gasteiger partial charge in [0, 0.05) is 91.5 Å². The molecule has 0 atom stereocenters. The number of nitrogens with zero attached hydrogens (tertiary/aromatic N) is 7. The van der Waals surface area contributed by atoms with E-state index in [1.165, 1.54) is 11.6 Å². The molecule has 0 aliphatic heterocycles. The number of nitrogens with two attached hydrogens (primary N) is 1. The fourth-order valence-corrected chi connectivity index (χ4v) is 10.7. The molecule has 0 saturated heterocycles. The number of aliphatic carboxylic acids is 1. The molecular weight excluding hydrogens is 1700 g/mol. The van der Waals surface area contributed by atoms with E-state index in [1.54, 1.807) is 174 Å². The molecule has 10 rings (SSSR count). The Hall–Kier alpha value is -15.3. The van der Waals surface area contributed by atoms with Crippen LogP contribution >= 0.6 is 15.9 Å². The highest BCUT2D eigenvalue weighted by Gasteiger charge is 2.15. The summed E-state index contributed by atoms with van der Waals surface area (Å²) in [5.41, 5.74) is 16.5. The number of halogens is 1. The summed E-state index contributed by atoms with van der Waals surface area (Å²) in [6.45, 7) is 16.0. The third-order valence-electron chi connectivity index (χ3n) is 16.6. The first-order valence-corrected chi connectivity index (χ1v) is 39.5. The Morgan fingerprint density at radius 3 is 1.07 bits per heavy atom. The first-order valence-electron chi connectivity index (χ1n) is 38.4. The van der Waals surface area contributed by atoms with Gasteiger partial charge in [0.05, 0.1) is 33.5 Å². The lowest BCUT2D eigenvalue weighted by molar-refractivity contribution is -0.179. The van der Waals surface area contributed by atoms with Gasteiger partial charge in [-0.3, -0.25) is 43.3 Å². The number of primary amides is 1. The fourth-order valence-electron chi connectivity index (χ4n) is 10.6. The van der Waals surface area contributed by atoms with Crippen molar-refractivity contribution < 1.29 is 76.9 Å². The van der Waals surface area contributed by atoms with Crippen molar-refractivity contribution in [3.05, 3.63) is 279 Å². The van der Waals surface area contributed by atoms with E-state index in [-0.39, 0.29) is 76.1 Å². The van der Waals surface area contributed by atoms with Gasteiger partial charge in [-0.15, -0.1) is 0 Å². The number of alkyl halides is 1. The van der Waals surface area contributed by atoms with E-state index in [0.29, 0.717) is 59.1 Å². The second-order valence-electron chi connectivity index (χ2n) is 26.9. The van der Waals surface area contributed by atoms with Gasteiger partial charge < -0.3 is 78.7 Å². The van der Waals surface area contributed by atoms with Crippen molar-refractivity contribution in [1.29, 1.82) is 26.3 Å². The summed E-state index contributed by atoms with van der Waals surface area (Å²) >= 11 is 2.94. The number of pyridine rings is 4. The van der Waals surface area contributed by atoms with Crippen LogP contribution < -0.4 is 46.9 Å². The highest BCUT2D eigenvalue weighted by Crippen LogP contribution is 2.29. The van der Waals surface area contributed by atoms with Gasteiger partial charge in [0.25, 0.3) is 22.2 Å². The van der Waals surface area contributed by atoms with Crippen LogP contribution in [0.25, 0.3) is 50.1 Å². The number of carbonyl (C=O) groups is 6. The molecule has 127 heavy (non-hydrogen) atoms. The van der Waals surface area contributed by atoms with Gasteiger partial charge in [-0.2, -0.15) is 26.3 Å². The number of phenols is 1. The molecule has 6 aromatic carbocycles. The third-order valence-corrected chi connectivity index (χ3v) is 17.1. The summed E-state index contributed by atoms with van der Waals surface area (Å²) in [7, 11) is 14.0. The van der Waals surface area contributed by atoms with Crippen LogP contribution in [-0.2, 0) is 54.1 Å². The second-order valence-corrected chi connectivity index (χ2v) is 27.4. The summed E-state index contributed by atoms with van der Waals surface area (Å²) in [6, 6.07) is 58.6. The molecule has 0 radical (unpaired) electrons. The lowest BCUT2D eigenvalue weighted by atomic mass is 10.0. The van der Waals surface area contributed by atoms with Crippen LogP contribution in [0.3, 0.4) is 0 Å². The zero-order chi connectivity index (χ0) is 95.4. The summed E-state index contributed by atoms with van der Waals surface area (Å²) in [4.78, 5) is 124. The molecule has 33 heteroatoms. The zero-order valence-corrected chi connectivity index (χ0v) is 75.2. The zero-order valence-electron chi connectivity index (χ0n) is 73.6. The van der Waals surface area contributed by atoms with Crippen molar-refractivity contribution >= 4 is 56.9 Å². The maximum atomic E-state index is 11.6. The standard InChI is InChI=1S/C17H16N2O4.C15H12N2O4.C14H12N2O2.C13H10N2O2.C13H17NO2.C10H12O.C5H13NO2.C4H7BrO2.C3H4N2O/c1-3-22-16(20)10-23-14-6-4-12(5-7-14)15-8-13(9-18)17(21)19-11(15)2;1-9-13(6-11(7-16)15(20)17-9)10-2-4-12(5-3-10)21-8-14(18)19;1-9-13(7-11(8-15)14(17)16-9)10-3-5-12(18-2)6-4-10;1-8-12(6-10(7-14)13(17)15-8)9-2-4-11(16)5-3-9;1-10(15)13(9-14(2)3)11-5-7-12(16-4)8-6-11;1-8-3-5-10(6-4-8)7-9(2)11;1-6(2)5(7-3)8-4;1-2-7-4(6)3-5;4-2-1-3(5)6/h4-8H,3,10H2,1-2H3,(H,19,21);2-6H,8H2,1H3,(H,17,20)(H,18,19);3-7H,1-2H3,(H,16,17);2-6,16H,1H3,(H,15,17);5-9H,1-4H3;3-6H,7H2,1-2H3;5H,1-4H3;2-3H2,1H3;1H2,(H2,5,6)/b;;;;13-9+;;;;. The summed E-state index contributed by atoms with van der Waals surface area (Å²) in [6.07, 6.45) is 1.99. The van der Waals surface area contributed by atoms with Crippen LogP contribution in [0.2, 0.25) is 0 Å². The van der Waals surface area contributed by atoms with E-state index in [9.17, 15) is 53.1 Å². The number of nitrogens with one attached hydrogen (secondary N) is 4. The lowest BCUT2D eigenvalue weighted by Gasteiger charge is -2.19. The Bertz CT molecular complexity index is 5770. The molecule has 0 aliphatic rings. The lowest BCUT2D eigenvalue weighted by Crippen LogP contribution is -2.30. The van der Waals surface area contributed by atoms with Crippen LogP contribution in [0.5, 0.6) is 28.7 Å². The number of H-pyrrole nitrogens is 4. The minimum absolute atomic E-state index is 0.0433. The van der Waals surface area contributed by atoms with Gasteiger partial charge in [-0.25, -0.2) is 9.59 Å². The molecule has 32 nitrogen and oxygen atoms in total. The fraction of sp³-hybridized carbons (Fsp3) is 0.266. The topological polar surface area (TPSA) is 500 Å². The summed E-state index contributed by atoms with van der Waals surface area (Å²) in [5.74, 6) is 0.718. The molecule has 8 N–H and O–H groups in total. The van der Waals surface area contributed by atoms with Crippen molar-refractivity contribution in [3.63, 3.8) is 0 Å². The number of nitriles is 5. The van der Waals surface area contributed by atoms with E-state index in [2.05, 4.69) is 46.3 Å². The Labute approximate surface area is 744 Å². The number of ketones is 2. The Balaban J connectivity index is 0.000000497. The van der Waals surface area contributed by atoms with Crippen LogP contribution in [-0.4, -0.2) is 170 Å². The molecule has 0 spiro atoms. The predicted molar refractivity (Wildman–Crippen MR) is 484 cm³/mol. The number of methoxy groups -OCH3 is 4. The van der Waals surface area contributed by atoms with Gasteiger partial charge in [-0.1, -0.05) is 106 Å². The van der Waals surface area contributed by atoms with Crippen LogP contribution in [0.4, 0.5) is 0 Å². The highest BCUT2D eigenvalue weighted by atomic mass is 79.9. The number of aromatic hydroxyl groups is 1. The maximum Gasteiger partial charge on any atom is 0.344 e. The van der Waals surface area contributed by atoms with Gasteiger partial charge in [0.15, 0.2) is 19.0 Å². The number of allylic oxidation sites excluding steroid dienone is 1. The van der Waals surface area contributed by atoms with Crippen molar-refractivity contribution in [2.75, 3.05) is 88.4 Å². The maximum absolute atomic E-state index is 11.6. The number of ether oxygens (including phenoxy) is 8. The average molecular weight is 1800 g/mol. The van der Waals surface area contributed by atoms with Crippen LogP contribution in [0, 0.1) is 91.3 Å². The monoisotopic (exact) mass is 1800 g/mol. The molecule has 0 unspecified atom stereocenters. The first kappa shape index (κ1) is 108. The van der Waals surface area contributed by atoms with E-state index in [1.807, 2.05) is 155 Å². The van der Waals surface area contributed by atoms with E-state index in [0.717, 1.165) is 72.8 Å². The molecular formula is C94H103BrN12O20. The number of aromatic nitrogens is 4. The number of carboxylic acids is 1. The largest absolute Gasteiger partial charge is 0.508 e. The Morgan fingerprint density at radius 1 is 0.488 bits per heavy atom. The quantitative estimate of drug-likeness (QED) is 0.0128. The summed E-state index contributed by atoms with van der Waals surface area (Å²) in [5, 5.41) is 61.3. The number of rotatable bonds is 24. The van der Waals surface area contributed by atoms with Crippen molar-refractivity contribution in [1.82, 2.24) is 29.7 Å². The molecule has 0 saturated carbocycles. The highest BCUT2D eigenvalue weighted by molar-refractivity contribution is 9.09. The van der Waals surface area contributed by atoms with E-state index >= 15 is 0 Å². The number of hydrogen-bond donors (Lipinski definition) is 7. The number of Topliss-reactive ketones (excluding diaryl/α,β-unsaturated/α-hetero) is 2. The molecule has 10 aromatic rings. The minimum Gasteiger partial charge on any atom is -0.508 e. The minimum atomic E-state index is -1.05. The number of benzene rings is 6. The number of hydrogen-bond acceptors (Lipinski definition) is 26. The molecule has 4 heterocycles. The van der Waals surface area contributed by atoms with E-state index < -0.39 is 35.6 Å². The molecule has 0 bridgehead atoms. The average Bonchev–Trinajstić information content (AvgIpc) is 0.831. The number of aryl methyl sites for hydroxylation is 5. The number of esters is 2. The number of aromatic amines is 4. The number of amides is 1. The second kappa shape index (κ2) is 57.9. The number of carboxylic acid groups (broad SMARTS) is 1. The predicted octanol–water partition coefficient (Wildman–Crippen LogP) is 12.8. The van der Waals surface area contributed by atoms with Gasteiger partial charge in [0.1, 0.15) is 92.8 Å². The Morgan fingerprint density at radius 2 is 0.819 bits per heavy atom. The normalized spacial score (nSPS) is 9.87. The SMILES string of the molecule is CC(=O)Cc1ccc(C)cc1.CCOC(=O)CBr.CCOC(=O)COc1ccc(-c2cc(C#N)c(=O)[nH]c2C)cc1.COC(OC)N(C)C.COc1ccc(-c2cc(C#N)c(=O)[nH]c2C)cc1.COc1ccc(/C(=C/N(C)C)C(C)=O)cc1.Cc1[nH]c(=O)c(C#N)cc1-c1ccc(O)cc1.Cc1[nH]c(=O)c(C#N)cc1-c1ccc(OCC(=O)O)cc1.N#CCC(N)=O. The molecule has 1 amide bonds. The van der Waals surface area contributed by atoms with Crippen LogP contribution in [0.1, 0.15) is 95.8 Å².